The highest BCUT2D eigenvalue weighted by molar-refractivity contribution is 7.17. The van der Waals surface area contributed by atoms with Crippen molar-refractivity contribution in [2.75, 3.05) is 25.6 Å². The lowest BCUT2D eigenvalue weighted by atomic mass is 9.95. The third-order valence-electron chi connectivity index (χ3n) is 4.06. The van der Waals surface area contributed by atoms with E-state index >= 15 is 0 Å². The van der Waals surface area contributed by atoms with Crippen LogP contribution in [0.4, 0.5) is 5.00 Å². The Kier molecular flexibility index (Phi) is 7.24. The van der Waals surface area contributed by atoms with E-state index < -0.39 is 0 Å². The van der Waals surface area contributed by atoms with E-state index in [-0.39, 0.29) is 11.8 Å². The molecule has 0 aromatic carbocycles. The lowest BCUT2D eigenvalue weighted by Gasteiger charge is -2.13. The molecule has 0 radical (unpaired) electrons. The van der Waals surface area contributed by atoms with Crippen molar-refractivity contribution in [3.05, 3.63) is 16.0 Å². The van der Waals surface area contributed by atoms with Gasteiger partial charge in [0, 0.05) is 31.6 Å². The van der Waals surface area contributed by atoms with Crippen molar-refractivity contribution >= 4 is 28.2 Å². The summed E-state index contributed by atoms with van der Waals surface area (Å²) in [6.07, 6.45) is 5.44. The van der Waals surface area contributed by atoms with E-state index in [1.807, 2.05) is 13.8 Å². The number of thiophene rings is 1. The Morgan fingerprint density at radius 2 is 2.00 bits per heavy atom. The average molecular weight is 353 g/mol. The number of methoxy groups -OCH3 is 1. The molecule has 1 aliphatic rings. The first-order valence-corrected chi connectivity index (χ1v) is 9.56. The summed E-state index contributed by atoms with van der Waals surface area (Å²) in [5.74, 6) is 0.202. The summed E-state index contributed by atoms with van der Waals surface area (Å²) in [5, 5.41) is 6.66. The molecule has 1 heterocycles. The molecule has 0 aliphatic heterocycles. The zero-order valence-corrected chi connectivity index (χ0v) is 15.7. The van der Waals surface area contributed by atoms with Crippen molar-refractivity contribution in [2.45, 2.75) is 52.4 Å². The molecule has 1 aromatic rings. The molecule has 2 rings (SSSR count). The van der Waals surface area contributed by atoms with Gasteiger partial charge in [-0.15, -0.1) is 11.3 Å². The summed E-state index contributed by atoms with van der Waals surface area (Å²) in [6.45, 7) is 5.24. The van der Waals surface area contributed by atoms with Crippen LogP contribution in [-0.2, 0) is 22.4 Å². The number of rotatable bonds is 8. The van der Waals surface area contributed by atoms with Crippen LogP contribution in [-0.4, -0.2) is 32.1 Å². The lowest BCUT2D eigenvalue weighted by molar-refractivity contribution is -0.116. The van der Waals surface area contributed by atoms with Gasteiger partial charge in [-0.3, -0.25) is 9.59 Å². The minimum Gasteiger partial charge on any atom is -0.385 e. The maximum Gasteiger partial charge on any atom is 0.254 e. The second-order valence-electron chi connectivity index (χ2n) is 6.66. The van der Waals surface area contributed by atoms with Gasteiger partial charge in [0.1, 0.15) is 5.00 Å². The number of carbonyl (C=O) groups is 2. The number of anilines is 1. The number of hydrogen-bond donors (Lipinski definition) is 2. The molecule has 0 atom stereocenters. The zero-order chi connectivity index (χ0) is 17.5. The van der Waals surface area contributed by atoms with Crippen LogP contribution in [0.5, 0.6) is 0 Å². The van der Waals surface area contributed by atoms with Gasteiger partial charge in [-0.25, -0.2) is 0 Å². The van der Waals surface area contributed by atoms with Crippen LogP contribution in [0.15, 0.2) is 0 Å². The Morgan fingerprint density at radius 3 is 2.71 bits per heavy atom. The largest absolute Gasteiger partial charge is 0.385 e. The van der Waals surface area contributed by atoms with Gasteiger partial charge >= 0.3 is 0 Å². The van der Waals surface area contributed by atoms with Crippen LogP contribution >= 0.6 is 11.3 Å². The number of aryl methyl sites for hydroxylation is 1. The van der Waals surface area contributed by atoms with Crippen LogP contribution < -0.4 is 10.6 Å². The van der Waals surface area contributed by atoms with Crippen LogP contribution in [0, 0.1) is 5.92 Å². The first-order valence-electron chi connectivity index (χ1n) is 8.74. The molecule has 24 heavy (non-hydrogen) atoms. The fourth-order valence-electron chi connectivity index (χ4n) is 2.95. The number of amides is 2. The fourth-order valence-corrected chi connectivity index (χ4v) is 4.25. The summed E-state index contributed by atoms with van der Waals surface area (Å²) in [4.78, 5) is 26.1. The Labute approximate surface area is 148 Å². The normalized spacial score (nSPS) is 13.7. The number of ether oxygens (including phenoxy) is 1. The Balaban J connectivity index is 2.15. The van der Waals surface area contributed by atoms with Gasteiger partial charge in [0.25, 0.3) is 5.91 Å². The molecule has 0 saturated carbocycles. The van der Waals surface area contributed by atoms with Crippen molar-refractivity contribution in [2.24, 2.45) is 5.92 Å². The van der Waals surface area contributed by atoms with Crippen LogP contribution in [0.1, 0.15) is 60.3 Å². The van der Waals surface area contributed by atoms with E-state index in [4.69, 9.17) is 4.74 Å². The van der Waals surface area contributed by atoms with Gasteiger partial charge in [-0.1, -0.05) is 13.8 Å². The number of nitrogens with one attached hydrogen (secondary N) is 2. The van der Waals surface area contributed by atoms with Crippen molar-refractivity contribution in [3.8, 4) is 0 Å². The van der Waals surface area contributed by atoms with E-state index in [1.54, 1.807) is 18.4 Å². The molecular weight excluding hydrogens is 324 g/mol. The topological polar surface area (TPSA) is 67.4 Å². The van der Waals surface area contributed by atoms with Crippen LogP contribution in [0.25, 0.3) is 0 Å². The first kappa shape index (κ1) is 18.9. The molecule has 0 fully saturated rings. The number of hydrogen-bond acceptors (Lipinski definition) is 4. The third-order valence-corrected chi connectivity index (χ3v) is 5.26. The van der Waals surface area contributed by atoms with Gasteiger partial charge in [-0.05, 0) is 43.6 Å². The first-order chi connectivity index (χ1) is 11.5. The third kappa shape index (κ3) is 5.05. The van der Waals surface area contributed by atoms with Gasteiger partial charge in [0.15, 0.2) is 0 Å². The van der Waals surface area contributed by atoms with Gasteiger partial charge < -0.3 is 15.4 Å². The maximum absolute atomic E-state index is 12.7. The minimum atomic E-state index is -0.0784. The number of fused-ring (bicyclic) bond motifs is 1. The fraction of sp³-hybridized carbons (Fsp3) is 0.667. The summed E-state index contributed by atoms with van der Waals surface area (Å²) >= 11 is 1.57. The van der Waals surface area contributed by atoms with Crippen molar-refractivity contribution in [1.82, 2.24) is 5.32 Å². The summed E-state index contributed by atoms with van der Waals surface area (Å²) < 4.78 is 5.01. The van der Waals surface area contributed by atoms with E-state index in [0.717, 1.165) is 42.7 Å². The van der Waals surface area contributed by atoms with Crippen LogP contribution in [0.2, 0.25) is 0 Å². The monoisotopic (exact) mass is 352 g/mol. The van der Waals surface area contributed by atoms with Gasteiger partial charge in [0.05, 0.1) is 5.56 Å². The number of carbonyl (C=O) groups excluding carboxylic acids is 2. The molecule has 1 aliphatic carbocycles. The highest BCUT2D eigenvalue weighted by atomic mass is 32.1. The van der Waals surface area contributed by atoms with Crippen molar-refractivity contribution in [3.63, 3.8) is 0 Å². The van der Waals surface area contributed by atoms with Crippen LogP contribution in [0.3, 0.4) is 0 Å². The summed E-state index contributed by atoms with van der Waals surface area (Å²) in [5.41, 5.74) is 1.82. The van der Waals surface area contributed by atoms with Gasteiger partial charge in [0.2, 0.25) is 5.91 Å². The SMILES string of the molecule is COCCCNC(=O)c1c(NC(=O)CC(C)C)sc2c1CCCC2. The standard InChI is InChI=1S/C18H28N2O3S/c1-12(2)11-15(21)20-18-16(17(22)19-9-6-10-23-3)13-7-4-5-8-14(13)24-18/h12H,4-11H2,1-3H3,(H,19,22)(H,20,21). The van der Waals surface area contributed by atoms with Crippen molar-refractivity contribution in [1.29, 1.82) is 0 Å². The maximum atomic E-state index is 12.7. The molecule has 0 unspecified atom stereocenters. The second kappa shape index (κ2) is 9.18. The summed E-state index contributed by atoms with van der Waals surface area (Å²) in [7, 11) is 1.65. The molecule has 1 aromatic heterocycles. The van der Waals surface area contributed by atoms with Gasteiger partial charge in [-0.2, -0.15) is 0 Å². The molecule has 2 N–H and O–H groups in total. The molecule has 134 valence electrons. The molecule has 2 amide bonds. The van der Waals surface area contributed by atoms with E-state index in [0.29, 0.717) is 31.1 Å². The van der Waals surface area contributed by atoms with Crippen molar-refractivity contribution < 1.29 is 14.3 Å². The lowest BCUT2D eigenvalue weighted by Crippen LogP contribution is -2.27. The molecular formula is C18H28N2O3S. The minimum absolute atomic E-state index is 0.0166. The molecule has 6 heteroatoms. The van der Waals surface area contributed by atoms with E-state index in [9.17, 15) is 9.59 Å². The predicted molar refractivity (Wildman–Crippen MR) is 97.9 cm³/mol. The highest BCUT2D eigenvalue weighted by Crippen LogP contribution is 2.38. The average Bonchev–Trinajstić information content (AvgIpc) is 2.88. The molecule has 0 saturated heterocycles. The molecule has 0 bridgehead atoms. The zero-order valence-electron chi connectivity index (χ0n) is 14.9. The highest BCUT2D eigenvalue weighted by Gasteiger charge is 2.26. The Hall–Kier alpha value is -1.40. The smallest absolute Gasteiger partial charge is 0.254 e. The predicted octanol–water partition coefficient (Wildman–Crippen LogP) is 3.38. The Morgan fingerprint density at radius 1 is 1.25 bits per heavy atom. The van der Waals surface area contributed by atoms with E-state index in [2.05, 4.69) is 10.6 Å². The molecule has 0 spiro atoms. The second-order valence-corrected chi connectivity index (χ2v) is 7.77. The van der Waals surface area contributed by atoms with E-state index in [1.165, 1.54) is 4.88 Å². The quantitative estimate of drug-likeness (QED) is 0.705. The molecule has 5 nitrogen and oxygen atoms in total. The Bertz CT molecular complexity index is 581. The summed E-state index contributed by atoms with van der Waals surface area (Å²) in [6, 6.07) is 0.